The second-order valence-corrected chi connectivity index (χ2v) is 9.11. The first kappa shape index (κ1) is 28.7. The highest BCUT2D eigenvalue weighted by atomic mass is 19.2. The third-order valence-electron chi connectivity index (χ3n) is 6.70. The Morgan fingerprint density at radius 3 is 1.98 bits per heavy atom. The van der Waals surface area contributed by atoms with E-state index < -0.39 is 46.1 Å². The first-order valence-corrected chi connectivity index (χ1v) is 12.1. The summed E-state index contributed by atoms with van der Waals surface area (Å²) in [5.74, 6) is -9.39. The molecule has 44 heavy (non-hydrogen) atoms. The maximum absolute atomic E-state index is 14.8. The number of benzene rings is 2. The number of nitrogens with two attached hydrogens (primary N) is 4. The summed E-state index contributed by atoms with van der Waals surface area (Å²) in [6.45, 7) is 0. The molecule has 3 aromatic rings. The van der Waals surface area contributed by atoms with Crippen molar-refractivity contribution in [3.63, 3.8) is 0 Å². The Labute approximate surface area is 244 Å². The van der Waals surface area contributed by atoms with Crippen molar-refractivity contribution >= 4 is 57.6 Å². The van der Waals surface area contributed by atoms with Crippen molar-refractivity contribution in [1.29, 1.82) is 15.8 Å². The van der Waals surface area contributed by atoms with Gasteiger partial charge in [0.05, 0.1) is 44.9 Å². The second-order valence-electron chi connectivity index (χ2n) is 9.11. The highest BCUT2D eigenvalue weighted by Gasteiger charge is 2.29. The number of aliphatic imine (C=N–C) groups is 1. The molecule has 2 aromatic carbocycles. The molecule has 0 saturated heterocycles. The zero-order chi connectivity index (χ0) is 32.0. The number of pyridine rings is 1. The molecule has 17 heteroatoms. The minimum Gasteiger partial charge on any atom is -0.384 e. The minimum atomic E-state index is -1.87. The Balaban J connectivity index is 1.72. The number of halogens is 4. The number of nitriles is 3. The molecule has 3 heterocycles. The lowest BCUT2D eigenvalue weighted by atomic mass is 9.97. The number of hydrogen-bond acceptors (Lipinski definition) is 11. The van der Waals surface area contributed by atoms with E-state index in [4.69, 9.17) is 22.9 Å². The summed E-state index contributed by atoms with van der Waals surface area (Å²) in [5, 5.41) is 39.2. The molecule has 218 valence electrons. The van der Waals surface area contributed by atoms with E-state index in [1.807, 2.05) is 18.2 Å². The zero-order valence-electron chi connectivity index (χ0n) is 22.2. The molecule has 5 rings (SSSR count). The lowest BCUT2D eigenvalue weighted by Crippen LogP contribution is -2.31. The molecule has 0 atom stereocenters. The molecule has 0 spiro atoms. The lowest BCUT2D eigenvalue weighted by Gasteiger charge is -2.23. The van der Waals surface area contributed by atoms with Crippen LogP contribution in [0.5, 0.6) is 0 Å². The van der Waals surface area contributed by atoms with Crippen molar-refractivity contribution in [2.75, 3.05) is 28.8 Å². The van der Waals surface area contributed by atoms with Crippen molar-refractivity contribution in [2.24, 2.45) is 27.3 Å². The third kappa shape index (κ3) is 4.27. The van der Waals surface area contributed by atoms with Crippen LogP contribution in [0.2, 0.25) is 0 Å². The van der Waals surface area contributed by atoms with Crippen LogP contribution in [0.1, 0.15) is 11.1 Å². The normalized spacial score (nSPS) is 14.2. The molecule has 13 nitrogen and oxygen atoms in total. The topological polar surface area (TPSA) is 249 Å². The predicted octanol–water partition coefficient (Wildman–Crippen LogP) is 0.848. The van der Waals surface area contributed by atoms with Gasteiger partial charge < -0.3 is 33.6 Å². The van der Waals surface area contributed by atoms with Crippen molar-refractivity contribution in [3.8, 4) is 18.2 Å². The Morgan fingerprint density at radius 2 is 1.41 bits per heavy atom. The maximum atomic E-state index is 14.8. The fourth-order valence-corrected chi connectivity index (χ4v) is 4.57. The van der Waals surface area contributed by atoms with Crippen molar-refractivity contribution in [3.05, 3.63) is 73.6 Å². The van der Waals surface area contributed by atoms with E-state index in [9.17, 15) is 33.3 Å². The zero-order valence-corrected chi connectivity index (χ0v) is 22.2. The van der Waals surface area contributed by atoms with Gasteiger partial charge in [0, 0.05) is 22.9 Å². The van der Waals surface area contributed by atoms with Gasteiger partial charge in [-0.3, -0.25) is 10.4 Å². The molecule has 0 bridgehead atoms. The smallest absolute Gasteiger partial charge is 0.173 e. The van der Waals surface area contributed by atoms with Gasteiger partial charge in [-0.2, -0.15) is 20.9 Å². The van der Waals surface area contributed by atoms with Gasteiger partial charge in [0.1, 0.15) is 41.4 Å². The number of amidine groups is 2. The summed E-state index contributed by atoms with van der Waals surface area (Å²) in [6, 6.07) is 7.18. The van der Waals surface area contributed by atoms with Gasteiger partial charge >= 0.3 is 0 Å². The predicted molar refractivity (Wildman–Crippen MR) is 154 cm³/mol. The number of allylic oxidation sites excluding steroid dienone is 3. The average Bonchev–Trinajstić information content (AvgIpc) is 3.02. The molecule has 2 aliphatic rings. The van der Waals surface area contributed by atoms with E-state index in [-0.39, 0.29) is 39.7 Å². The van der Waals surface area contributed by atoms with Gasteiger partial charge in [-0.15, -0.1) is 0 Å². The van der Waals surface area contributed by atoms with Crippen LogP contribution in [-0.2, 0) is 0 Å². The Hall–Kier alpha value is -6.80. The average molecular weight is 600 g/mol. The molecule has 0 aliphatic carbocycles. The number of rotatable bonds is 4. The van der Waals surface area contributed by atoms with Gasteiger partial charge in [-0.05, 0) is 18.2 Å². The standard InChI is InChI=1S/C27H17F4N13/c1-39-26(37)15-17(28)19(30)16(20(31)18(15)29)27(38)44-43-13-4-11-10-3-9(6-33)24(35)42-22(10)23-12(21(11)41-25(13)36)2-8(5-32)14(7-34)40-23/h2-4,40,42-43H,35H2,1H3,(H2,36,41)(H2,37,39)(H2,38,44). The molecule has 1 aromatic heterocycles. The molecule has 0 fully saturated rings. The van der Waals surface area contributed by atoms with Crippen molar-refractivity contribution < 1.29 is 17.6 Å². The van der Waals surface area contributed by atoms with Gasteiger partial charge in [0.2, 0.25) is 0 Å². The van der Waals surface area contributed by atoms with E-state index in [1.54, 1.807) is 0 Å². The third-order valence-corrected chi connectivity index (χ3v) is 6.70. The molecule has 2 aliphatic heterocycles. The molecule has 0 saturated carbocycles. The Bertz CT molecular complexity index is 2200. The first-order chi connectivity index (χ1) is 21.0. The summed E-state index contributed by atoms with van der Waals surface area (Å²) in [5.41, 5.74) is 23.9. The quantitative estimate of drug-likeness (QED) is 0.0728. The van der Waals surface area contributed by atoms with Crippen LogP contribution in [0.4, 0.5) is 40.4 Å². The fourth-order valence-electron chi connectivity index (χ4n) is 4.57. The number of nitrogen functional groups attached to an aromatic ring is 1. The van der Waals surface area contributed by atoms with E-state index in [1.165, 1.54) is 18.2 Å². The number of hydrogen-bond donors (Lipinski definition) is 7. The number of fused-ring (bicyclic) bond motifs is 6. The van der Waals surface area contributed by atoms with Crippen molar-refractivity contribution in [2.45, 2.75) is 0 Å². The lowest BCUT2D eigenvalue weighted by molar-refractivity contribution is 0.448. The highest BCUT2D eigenvalue weighted by Crippen LogP contribution is 2.30. The number of nitrogens with one attached hydrogen (secondary N) is 3. The molecular weight excluding hydrogens is 582 g/mol. The number of hydrazone groups is 1. The number of aromatic nitrogens is 1. The van der Waals surface area contributed by atoms with Gasteiger partial charge in [-0.1, -0.05) is 0 Å². The molecule has 0 amide bonds. The van der Waals surface area contributed by atoms with Crippen LogP contribution >= 0.6 is 0 Å². The molecule has 0 radical (unpaired) electrons. The van der Waals surface area contributed by atoms with Gasteiger partial charge in [-0.25, -0.2) is 22.5 Å². The monoisotopic (exact) mass is 599 g/mol. The summed E-state index contributed by atoms with van der Waals surface area (Å²) < 4.78 is 58.8. The van der Waals surface area contributed by atoms with Crippen LogP contribution in [0.15, 0.2) is 38.8 Å². The molecular formula is C27H17F4N13. The Morgan fingerprint density at radius 1 is 0.841 bits per heavy atom. The highest BCUT2D eigenvalue weighted by molar-refractivity contribution is 6.03. The first-order valence-electron chi connectivity index (χ1n) is 12.1. The minimum absolute atomic E-state index is 0.00344. The van der Waals surface area contributed by atoms with E-state index >= 15 is 0 Å². The maximum Gasteiger partial charge on any atom is 0.173 e. The number of nitrogens with zero attached hydrogens (tertiary/aromatic N) is 6. The van der Waals surface area contributed by atoms with Crippen LogP contribution in [0, 0.1) is 57.3 Å². The Kier molecular flexibility index (Phi) is 6.89. The fraction of sp³-hybridized carbons (Fsp3) is 0.0370. The van der Waals surface area contributed by atoms with Crippen molar-refractivity contribution in [1.82, 2.24) is 4.98 Å². The SMILES string of the molecule is CN=C(N)c1c(F)c(F)c(C(N)=NNc2cc3c4c(c5c(c3nc2N)=CC(C#N)=C(C#N)N5)NC(N)=C(C#N)C=4)c(F)c1F. The molecule has 11 N–H and O–H groups in total. The largest absolute Gasteiger partial charge is 0.384 e. The van der Waals surface area contributed by atoms with E-state index in [0.717, 1.165) is 7.05 Å². The number of anilines is 4. The molecule has 0 unspecified atom stereocenters. The summed E-state index contributed by atoms with van der Waals surface area (Å²) in [4.78, 5) is 7.74. The van der Waals surface area contributed by atoms with Gasteiger partial charge in [0.25, 0.3) is 0 Å². The van der Waals surface area contributed by atoms with Crippen LogP contribution in [0.25, 0.3) is 23.1 Å². The van der Waals surface area contributed by atoms with Crippen LogP contribution in [0.3, 0.4) is 0 Å². The van der Waals surface area contributed by atoms with Crippen LogP contribution < -0.4 is 49.4 Å². The summed E-state index contributed by atoms with van der Waals surface area (Å²) in [6.07, 6.45) is 2.86. The van der Waals surface area contributed by atoms with Crippen LogP contribution in [-0.4, -0.2) is 23.7 Å². The van der Waals surface area contributed by atoms with E-state index in [0.29, 0.717) is 27.2 Å². The summed E-state index contributed by atoms with van der Waals surface area (Å²) in [7, 11) is 1.07. The van der Waals surface area contributed by atoms with E-state index in [2.05, 4.69) is 31.1 Å². The van der Waals surface area contributed by atoms with Gasteiger partial charge in [0.15, 0.2) is 29.1 Å². The second kappa shape index (κ2) is 10.6. The summed E-state index contributed by atoms with van der Waals surface area (Å²) >= 11 is 0.